The Labute approximate surface area is 150 Å². The minimum absolute atomic E-state index is 0.156. The molecule has 0 amide bonds. The number of hydrogen-bond donors (Lipinski definition) is 1. The van der Waals surface area contributed by atoms with E-state index in [4.69, 9.17) is 32.7 Å². The van der Waals surface area contributed by atoms with E-state index in [0.717, 1.165) is 23.6 Å². The molecule has 0 spiro atoms. The van der Waals surface area contributed by atoms with Crippen molar-refractivity contribution in [1.29, 1.82) is 0 Å². The monoisotopic (exact) mass is 359 g/mol. The first-order chi connectivity index (χ1) is 11.7. The largest absolute Gasteiger partial charge is 0.454 e. The smallest absolute Gasteiger partial charge is 0.231 e. The molecule has 1 aliphatic carbocycles. The fourth-order valence-corrected chi connectivity index (χ4v) is 4.42. The van der Waals surface area contributed by atoms with Crippen LogP contribution in [-0.2, 0) is 0 Å². The molecule has 2 aliphatic heterocycles. The second kappa shape index (κ2) is 5.33. The summed E-state index contributed by atoms with van der Waals surface area (Å²) in [6.45, 7) is 0.286. The van der Waals surface area contributed by atoms with Crippen LogP contribution in [0.4, 0.5) is 5.69 Å². The van der Waals surface area contributed by atoms with Gasteiger partial charge in [0.2, 0.25) is 6.79 Å². The molecule has 0 fully saturated rings. The minimum atomic E-state index is 0.156. The standard InChI is InChI=1S/C19H15Cl2NO2/c20-14-6-5-13-11-2-1-3-12(11)18(22-19(13)17(14)21)10-4-7-15-16(8-10)24-9-23-15/h1-2,4-8,11-12,18,22H,3,9H2/t11-,12+,18-/m1/s1. The van der Waals surface area contributed by atoms with Gasteiger partial charge in [-0.2, -0.15) is 0 Å². The maximum Gasteiger partial charge on any atom is 0.231 e. The Morgan fingerprint density at radius 1 is 1.04 bits per heavy atom. The van der Waals surface area contributed by atoms with E-state index >= 15 is 0 Å². The van der Waals surface area contributed by atoms with Crippen molar-refractivity contribution in [3.63, 3.8) is 0 Å². The SMILES string of the molecule is Clc1ccc2c(c1Cl)N[C@H](c1ccc3c(c1)OCO3)[C@H]1CC=C[C@@H]21. The molecule has 0 bridgehead atoms. The van der Waals surface area contributed by atoms with Gasteiger partial charge in [0.15, 0.2) is 11.5 Å². The summed E-state index contributed by atoms with van der Waals surface area (Å²) in [4.78, 5) is 0. The lowest BCUT2D eigenvalue weighted by Crippen LogP contribution is -2.29. The van der Waals surface area contributed by atoms with Gasteiger partial charge in [-0.3, -0.25) is 0 Å². The van der Waals surface area contributed by atoms with Gasteiger partial charge >= 0.3 is 0 Å². The molecular weight excluding hydrogens is 345 g/mol. The molecule has 5 heteroatoms. The van der Waals surface area contributed by atoms with E-state index in [1.54, 1.807) is 0 Å². The summed E-state index contributed by atoms with van der Waals surface area (Å²) < 4.78 is 11.0. The van der Waals surface area contributed by atoms with Crippen molar-refractivity contribution in [2.75, 3.05) is 12.1 Å². The molecule has 24 heavy (non-hydrogen) atoms. The zero-order chi connectivity index (χ0) is 16.3. The van der Waals surface area contributed by atoms with Crippen molar-refractivity contribution in [3.8, 4) is 11.5 Å². The fraction of sp³-hybridized carbons (Fsp3) is 0.263. The molecule has 0 saturated carbocycles. The van der Waals surface area contributed by atoms with Crippen LogP contribution in [0.25, 0.3) is 0 Å². The Bertz CT molecular complexity index is 865. The van der Waals surface area contributed by atoms with Crippen LogP contribution < -0.4 is 14.8 Å². The molecule has 2 aromatic carbocycles. The first-order valence-corrected chi connectivity index (χ1v) is 8.78. The molecule has 0 radical (unpaired) electrons. The molecule has 1 N–H and O–H groups in total. The van der Waals surface area contributed by atoms with Crippen LogP contribution >= 0.6 is 23.2 Å². The van der Waals surface area contributed by atoms with E-state index in [9.17, 15) is 0 Å². The molecule has 2 heterocycles. The number of hydrogen-bond acceptors (Lipinski definition) is 3. The fourth-order valence-electron chi connectivity index (χ4n) is 4.04. The van der Waals surface area contributed by atoms with E-state index in [1.807, 2.05) is 12.1 Å². The Kier molecular flexibility index (Phi) is 3.22. The van der Waals surface area contributed by atoms with E-state index in [0.29, 0.717) is 21.9 Å². The molecule has 0 aromatic heterocycles. The van der Waals surface area contributed by atoms with E-state index in [1.165, 1.54) is 11.1 Å². The maximum atomic E-state index is 6.48. The molecule has 122 valence electrons. The van der Waals surface area contributed by atoms with Gasteiger partial charge in [0.25, 0.3) is 0 Å². The predicted octanol–water partition coefficient (Wildman–Crippen LogP) is 5.55. The van der Waals surface area contributed by atoms with Gasteiger partial charge in [-0.15, -0.1) is 0 Å². The van der Waals surface area contributed by atoms with Crippen LogP contribution in [0, 0.1) is 5.92 Å². The highest BCUT2D eigenvalue weighted by Gasteiger charge is 2.39. The first-order valence-electron chi connectivity index (χ1n) is 8.03. The highest BCUT2D eigenvalue weighted by Crippen LogP contribution is 2.53. The number of nitrogens with one attached hydrogen (secondary N) is 1. The zero-order valence-electron chi connectivity index (χ0n) is 12.8. The van der Waals surface area contributed by atoms with Gasteiger partial charge in [-0.1, -0.05) is 47.5 Å². The molecule has 3 aliphatic rings. The van der Waals surface area contributed by atoms with Gasteiger partial charge in [0, 0.05) is 5.92 Å². The van der Waals surface area contributed by atoms with Gasteiger partial charge in [0.05, 0.1) is 21.8 Å². The van der Waals surface area contributed by atoms with Crippen molar-refractivity contribution < 1.29 is 9.47 Å². The van der Waals surface area contributed by atoms with Gasteiger partial charge in [0.1, 0.15) is 0 Å². The number of benzene rings is 2. The average Bonchev–Trinajstić information content (AvgIpc) is 3.25. The molecule has 3 atom stereocenters. The number of anilines is 1. The Morgan fingerprint density at radius 2 is 1.92 bits per heavy atom. The molecule has 3 nitrogen and oxygen atoms in total. The summed E-state index contributed by atoms with van der Waals surface area (Å²) in [5, 5.41) is 4.80. The summed E-state index contributed by atoms with van der Waals surface area (Å²) in [5.74, 6) is 2.42. The summed E-state index contributed by atoms with van der Waals surface area (Å²) in [6, 6.07) is 10.3. The highest BCUT2D eigenvalue weighted by molar-refractivity contribution is 6.43. The molecule has 0 unspecified atom stereocenters. The number of rotatable bonds is 1. The number of ether oxygens (including phenoxy) is 2. The normalized spacial score (nSPS) is 26.0. The number of halogens is 2. The minimum Gasteiger partial charge on any atom is -0.454 e. The van der Waals surface area contributed by atoms with Gasteiger partial charge in [-0.25, -0.2) is 0 Å². The molecular formula is C19H15Cl2NO2. The quantitative estimate of drug-likeness (QED) is 0.677. The molecule has 2 aromatic rings. The predicted molar refractivity (Wildman–Crippen MR) is 95.4 cm³/mol. The lowest BCUT2D eigenvalue weighted by Gasteiger charge is -2.38. The van der Waals surface area contributed by atoms with Crippen LogP contribution in [0.3, 0.4) is 0 Å². The van der Waals surface area contributed by atoms with Crippen LogP contribution in [-0.4, -0.2) is 6.79 Å². The van der Waals surface area contributed by atoms with Crippen molar-refractivity contribution >= 4 is 28.9 Å². The second-order valence-corrected chi connectivity index (χ2v) is 7.20. The average molecular weight is 360 g/mol. The second-order valence-electron chi connectivity index (χ2n) is 6.41. The maximum absolute atomic E-state index is 6.48. The van der Waals surface area contributed by atoms with E-state index in [-0.39, 0.29) is 12.8 Å². The summed E-state index contributed by atoms with van der Waals surface area (Å²) in [5.41, 5.74) is 3.35. The lowest BCUT2D eigenvalue weighted by molar-refractivity contribution is 0.174. The van der Waals surface area contributed by atoms with Crippen LogP contribution in [0.2, 0.25) is 10.0 Å². The van der Waals surface area contributed by atoms with E-state index < -0.39 is 0 Å². The molecule has 5 rings (SSSR count). The highest BCUT2D eigenvalue weighted by atomic mass is 35.5. The first kappa shape index (κ1) is 14.5. The van der Waals surface area contributed by atoms with Crippen molar-refractivity contribution in [1.82, 2.24) is 0 Å². The summed E-state index contributed by atoms with van der Waals surface area (Å²) in [7, 11) is 0. The number of allylic oxidation sites excluding steroid dienone is 2. The Hall–Kier alpha value is -1.84. The van der Waals surface area contributed by atoms with Crippen molar-refractivity contribution in [3.05, 3.63) is 63.7 Å². The summed E-state index contributed by atoms with van der Waals surface area (Å²) in [6.07, 6.45) is 5.58. The van der Waals surface area contributed by atoms with Crippen LogP contribution in [0.5, 0.6) is 11.5 Å². The Morgan fingerprint density at radius 3 is 2.83 bits per heavy atom. The topological polar surface area (TPSA) is 30.5 Å². The van der Waals surface area contributed by atoms with Gasteiger partial charge < -0.3 is 14.8 Å². The third-order valence-corrected chi connectivity index (χ3v) is 5.99. The van der Waals surface area contributed by atoms with Crippen LogP contribution in [0.1, 0.15) is 29.5 Å². The van der Waals surface area contributed by atoms with Crippen molar-refractivity contribution in [2.45, 2.75) is 18.4 Å². The number of fused-ring (bicyclic) bond motifs is 4. The molecule has 0 saturated heterocycles. The Balaban J connectivity index is 1.61. The third kappa shape index (κ3) is 2.04. The zero-order valence-corrected chi connectivity index (χ0v) is 14.3. The third-order valence-electron chi connectivity index (χ3n) is 5.18. The van der Waals surface area contributed by atoms with Crippen molar-refractivity contribution in [2.24, 2.45) is 5.92 Å². The van der Waals surface area contributed by atoms with Gasteiger partial charge in [-0.05, 0) is 41.7 Å². The van der Waals surface area contributed by atoms with Crippen LogP contribution in [0.15, 0.2) is 42.5 Å². The lowest BCUT2D eigenvalue weighted by atomic mass is 9.77. The summed E-state index contributed by atoms with van der Waals surface area (Å²) >= 11 is 12.7. The van der Waals surface area contributed by atoms with E-state index in [2.05, 4.69) is 35.7 Å².